The van der Waals surface area contributed by atoms with Crippen LogP contribution in [0.15, 0.2) is 23.0 Å². The topological polar surface area (TPSA) is 57.9 Å². The van der Waals surface area contributed by atoms with Crippen LogP contribution in [-0.2, 0) is 6.54 Å². The normalized spacial score (nSPS) is 18.3. The van der Waals surface area contributed by atoms with Crippen LogP contribution >= 0.6 is 11.3 Å². The van der Waals surface area contributed by atoms with E-state index in [1.165, 1.54) is 11.1 Å². The highest BCUT2D eigenvalue weighted by atomic mass is 32.1. The molecular weight excluding hydrogens is 244 g/mol. The lowest BCUT2D eigenvalue weighted by molar-refractivity contribution is 0.206. The van der Waals surface area contributed by atoms with Gasteiger partial charge in [-0.3, -0.25) is 10.00 Å². The summed E-state index contributed by atoms with van der Waals surface area (Å²) < 4.78 is 0. The average molecular weight is 262 g/mol. The average Bonchev–Trinajstić information content (AvgIpc) is 3.02. The molecule has 0 aromatic carbocycles. The number of nitrogens with zero attached hydrogens (tertiary/aromatic N) is 2. The van der Waals surface area contributed by atoms with Crippen molar-refractivity contribution in [1.29, 1.82) is 0 Å². The lowest BCUT2D eigenvalue weighted by Crippen LogP contribution is -2.39. The Morgan fingerprint density at radius 3 is 3.00 bits per heavy atom. The molecule has 5 heteroatoms. The molecule has 1 aliphatic heterocycles. The van der Waals surface area contributed by atoms with Gasteiger partial charge < -0.3 is 5.73 Å². The lowest BCUT2D eigenvalue weighted by Gasteiger charge is -2.29. The Morgan fingerprint density at radius 2 is 2.28 bits per heavy atom. The summed E-state index contributed by atoms with van der Waals surface area (Å²) in [7, 11) is 0. The first-order valence-electron chi connectivity index (χ1n) is 6.35. The standard InChI is InChI=1S/C13H18N4S/c14-12-1-4-17(5-2-12)8-11-7-15-16-13(11)10-3-6-18-9-10/h3,6-7,9,12H,1-2,4-5,8,14H2,(H,15,16). The first-order valence-corrected chi connectivity index (χ1v) is 7.30. The number of rotatable bonds is 3. The van der Waals surface area contributed by atoms with E-state index in [0.29, 0.717) is 6.04 Å². The van der Waals surface area contributed by atoms with Gasteiger partial charge >= 0.3 is 0 Å². The Labute approximate surface area is 111 Å². The summed E-state index contributed by atoms with van der Waals surface area (Å²) in [4.78, 5) is 2.46. The van der Waals surface area contributed by atoms with Crippen LogP contribution in [-0.4, -0.2) is 34.2 Å². The first-order chi connectivity index (χ1) is 8.83. The zero-order valence-electron chi connectivity index (χ0n) is 10.3. The van der Waals surface area contributed by atoms with E-state index in [0.717, 1.165) is 38.2 Å². The summed E-state index contributed by atoms with van der Waals surface area (Å²) in [6, 6.07) is 2.52. The molecule has 0 aliphatic carbocycles. The van der Waals surface area contributed by atoms with E-state index in [4.69, 9.17) is 5.73 Å². The Morgan fingerprint density at radius 1 is 1.44 bits per heavy atom. The highest BCUT2D eigenvalue weighted by Crippen LogP contribution is 2.25. The maximum absolute atomic E-state index is 5.93. The number of nitrogens with two attached hydrogens (primary N) is 1. The second kappa shape index (κ2) is 5.22. The molecule has 3 heterocycles. The van der Waals surface area contributed by atoms with Crippen LogP contribution in [0, 0.1) is 0 Å². The van der Waals surface area contributed by atoms with Crippen molar-refractivity contribution in [1.82, 2.24) is 15.1 Å². The van der Waals surface area contributed by atoms with Gasteiger partial charge in [0.2, 0.25) is 0 Å². The first kappa shape index (κ1) is 11.9. The molecule has 0 unspecified atom stereocenters. The SMILES string of the molecule is NC1CCN(Cc2cn[nH]c2-c2ccsc2)CC1. The third-order valence-corrected chi connectivity index (χ3v) is 4.24. The molecule has 18 heavy (non-hydrogen) atoms. The Hall–Kier alpha value is -1.17. The molecule has 4 nitrogen and oxygen atoms in total. The number of aromatic amines is 1. The van der Waals surface area contributed by atoms with Crippen molar-refractivity contribution in [3.05, 3.63) is 28.6 Å². The number of thiophene rings is 1. The van der Waals surface area contributed by atoms with Gasteiger partial charge in [0.15, 0.2) is 0 Å². The fourth-order valence-electron chi connectivity index (χ4n) is 2.44. The molecule has 0 amide bonds. The second-order valence-electron chi connectivity index (χ2n) is 4.90. The Kier molecular flexibility index (Phi) is 3.45. The number of piperidine rings is 1. The van der Waals surface area contributed by atoms with E-state index >= 15 is 0 Å². The molecule has 1 aliphatic rings. The smallest absolute Gasteiger partial charge is 0.0703 e. The molecule has 96 valence electrons. The van der Waals surface area contributed by atoms with Crippen molar-refractivity contribution >= 4 is 11.3 Å². The van der Waals surface area contributed by atoms with Crippen LogP contribution in [0.1, 0.15) is 18.4 Å². The van der Waals surface area contributed by atoms with Gasteiger partial charge in [-0.25, -0.2) is 0 Å². The summed E-state index contributed by atoms with van der Waals surface area (Å²) in [6.07, 6.45) is 4.15. The van der Waals surface area contributed by atoms with Gasteiger partial charge in [0.25, 0.3) is 0 Å². The molecule has 0 bridgehead atoms. The maximum atomic E-state index is 5.93. The third kappa shape index (κ3) is 2.48. The second-order valence-corrected chi connectivity index (χ2v) is 5.68. The van der Waals surface area contributed by atoms with Gasteiger partial charge in [0, 0.05) is 29.1 Å². The number of H-pyrrole nitrogens is 1. The van der Waals surface area contributed by atoms with Gasteiger partial charge in [0.1, 0.15) is 0 Å². The van der Waals surface area contributed by atoms with Crippen LogP contribution in [0.4, 0.5) is 0 Å². The van der Waals surface area contributed by atoms with Crippen molar-refractivity contribution in [2.24, 2.45) is 5.73 Å². The molecule has 1 fully saturated rings. The highest BCUT2D eigenvalue weighted by Gasteiger charge is 2.18. The molecule has 3 rings (SSSR count). The van der Waals surface area contributed by atoms with Crippen LogP contribution in [0.3, 0.4) is 0 Å². The fraction of sp³-hybridized carbons (Fsp3) is 0.462. The molecule has 0 saturated carbocycles. The molecular formula is C13H18N4S. The fourth-order valence-corrected chi connectivity index (χ4v) is 3.09. The monoisotopic (exact) mass is 262 g/mol. The van der Waals surface area contributed by atoms with E-state index in [1.54, 1.807) is 11.3 Å². The molecule has 0 radical (unpaired) electrons. The van der Waals surface area contributed by atoms with E-state index in [-0.39, 0.29) is 0 Å². The number of likely N-dealkylation sites (tertiary alicyclic amines) is 1. The van der Waals surface area contributed by atoms with Gasteiger partial charge in [-0.15, -0.1) is 0 Å². The minimum Gasteiger partial charge on any atom is -0.328 e. The van der Waals surface area contributed by atoms with Gasteiger partial charge in [-0.05, 0) is 37.4 Å². The van der Waals surface area contributed by atoms with E-state index in [1.807, 2.05) is 6.20 Å². The zero-order valence-corrected chi connectivity index (χ0v) is 11.1. The number of hydrogen-bond acceptors (Lipinski definition) is 4. The minimum absolute atomic E-state index is 0.391. The maximum Gasteiger partial charge on any atom is 0.0703 e. The molecule has 0 atom stereocenters. The highest BCUT2D eigenvalue weighted by molar-refractivity contribution is 7.08. The van der Waals surface area contributed by atoms with Crippen molar-refractivity contribution in [2.45, 2.75) is 25.4 Å². The predicted octanol–water partition coefficient (Wildman–Crippen LogP) is 2.06. The summed E-state index contributed by atoms with van der Waals surface area (Å²) in [6.45, 7) is 3.15. The van der Waals surface area contributed by atoms with Crippen LogP contribution in [0.5, 0.6) is 0 Å². The summed E-state index contributed by atoms with van der Waals surface area (Å²) in [5, 5.41) is 11.6. The summed E-state index contributed by atoms with van der Waals surface area (Å²) in [5.74, 6) is 0. The molecule has 0 spiro atoms. The third-order valence-electron chi connectivity index (χ3n) is 3.55. The van der Waals surface area contributed by atoms with Crippen molar-refractivity contribution in [2.75, 3.05) is 13.1 Å². The number of hydrogen-bond donors (Lipinski definition) is 2. The van der Waals surface area contributed by atoms with Gasteiger partial charge in [-0.2, -0.15) is 16.4 Å². The predicted molar refractivity (Wildman–Crippen MR) is 74.4 cm³/mol. The minimum atomic E-state index is 0.391. The van der Waals surface area contributed by atoms with Crippen molar-refractivity contribution in [3.63, 3.8) is 0 Å². The number of aromatic nitrogens is 2. The lowest BCUT2D eigenvalue weighted by atomic mass is 10.0. The Bertz CT molecular complexity index is 483. The zero-order chi connectivity index (χ0) is 12.4. The largest absolute Gasteiger partial charge is 0.328 e. The van der Waals surface area contributed by atoms with E-state index < -0.39 is 0 Å². The molecule has 2 aromatic rings. The van der Waals surface area contributed by atoms with Gasteiger partial charge in [0.05, 0.1) is 11.9 Å². The molecule has 2 aromatic heterocycles. The summed E-state index contributed by atoms with van der Waals surface area (Å²) >= 11 is 1.71. The van der Waals surface area contributed by atoms with Crippen molar-refractivity contribution < 1.29 is 0 Å². The van der Waals surface area contributed by atoms with Crippen LogP contribution in [0.2, 0.25) is 0 Å². The molecule has 1 saturated heterocycles. The van der Waals surface area contributed by atoms with Crippen LogP contribution in [0.25, 0.3) is 11.3 Å². The van der Waals surface area contributed by atoms with Crippen LogP contribution < -0.4 is 5.73 Å². The van der Waals surface area contributed by atoms with E-state index in [2.05, 4.69) is 31.9 Å². The van der Waals surface area contributed by atoms with E-state index in [9.17, 15) is 0 Å². The Balaban J connectivity index is 1.72. The van der Waals surface area contributed by atoms with Gasteiger partial charge in [-0.1, -0.05) is 0 Å². The summed E-state index contributed by atoms with van der Waals surface area (Å²) in [5.41, 5.74) is 9.61. The quantitative estimate of drug-likeness (QED) is 0.890. The van der Waals surface area contributed by atoms with Crippen molar-refractivity contribution in [3.8, 4) is 11.3 Å². The molecule has 3 N–H and O–H groups in total. The number of nitrogens with one attached hydrogen (secondary N) is 1.